The molecule has 4 nitrogen and oxygen atoms in total. The third kappa shape index (κ3) is 17.6. The van der Waals surface area contributed by atoms with Gasteiger partial charge < -0.3 is 14.2 Å². The zero-order valence-corrected chi connectivity index (χ0v) is 23.8. The Morgan fingerprint density at radius 3 is 2.00 bits per heavy atom. The topological polar surface area (TPSA) is 31.6 Å². The Morgan fingerprint density at radius 1 is 0.771 bits per heavy atom. The largest absolute Gasteiger partial charge is 0.379 e. The normalized spacial score (nSPS) is 18.0. The van der Waals surface area contributed by atoms with E-state index in [2.05, 4.69) is 28.6 Å². The van der Waals surface area contributed by atoms with Crippen molar-refractivity contribution in [1.29, 1.82) is 0 Å². The number of hydrogen-bond donors (Lipinski definition) is 0. The van der Waals surface area contributed by atoms with Crippen LogP contribution in [0.1, 0.15) is 135 Å². The fourth-order valence-electron chi connectivity index (χ4n) is 4.88. The van der Waals surface area contributed by atoms with Crippen LogP contribution in [0.2, 0.25) is 0 Å². The van der Waals surface area contributed by atoms with Crippen molar-refractivity contribution in [2.75, 3.05) is 19.8 Å². The van der Waals surface area contributed by atoms with Crippen molar-refractivity contribution in [1.82, 2.24) is 0 Å². The van der Waals surface area contributed by atoms with E-state index in [1.165, 1.54) is 116 Å². The Labute approximate surface area is 221 Å². The molecule has 35 heavy (non-hydrogen) atoms. The summed E-state index contributed by atoms with van der Waals surface area (Å²) in [5.74, 6) is 0. The molecular weight excluding hydrogens is 454 g/mol. The number of hydrogen-bond acceptors (Lipinski definition) is 4. The van der Waals surface area contributed by atoms with Crippen LogP contribution in [0.5, 0.6) is 0 Å². The first-order chi connectivity index (χ1) is 17.4. The number of unbranched alkanes of at least 4 members (excludes halogenated alkanes) is 17. The first kappa shape index (κ1) is 30.7. The summed E-state index contributed by atoms with van der Waals surface area (Å²) in [7, 11) is 0. The van der Waals surface area contributed by atoms with E-state index >= 15 is 0 Å². The lowest BCUT2D eigenvalue weighted by Crippen LogP contribution is -2.29. The highest BCUT2D eigenvalue weighted by molar-refractivity contribution is 7.07. The predicted octanol–water partition coefficient (Wildman–Crippen LogP) is 8.62. The highest BCUT2D eigenvalue weighted by Crippen LogP contribution is 2.19. The average molecular weight is 511 g/mol. The van der Waals surface area contributed by atoms with E-state index in [9.17, 15) is 0 Å². The van der Waals surface area contributed by atoms with E-state index in [0.29, 0.717) is 13.2 Å². The maximum Gasteiger partial charge on any atom is 0.224 e. The van der Waals surface area contributed by atoms with Crippen LogP contribution in [0.15, 0.2) is 17.1 Å². The molecule has 0 amide bonds. The molecule has 5 heteroatoms. The molecule has 1 aromatic heterocycles. The zero-order valence-electron chi connectivity index (χ0n) is 22.9. The lowest BCUT2D eigenvalue weighted by atomic mass is 10.0. The lowest BCUT2D eigenvalue weighted by Gasteiger charge is -2.12. The molecule has 0 saturated carbocycles. The van der Waals surface area contributed by atoms with Gasteiger partial charge in [-0.15, -0.1) is 0 Å². The van der Waals surface area contributed by atoms with Crippen molar-refractivity contribution in [3.8, 4) is 0 Å². The third-order valence-electron chi connectivity index (χ3n) is 7.14. The first-order valence-corrected chi connectivity index (χ1v) is 16.1. The molecule has 1 saturated heterocycles. The molecule has 1 aliphatic rings. The van der Waals surface area contributed by atoms with Crippen LogP contribution in [0.3, 0.4) is 0 Å². The second kappa shape index (κ2) is 22.7. The summed E-state index contributed by atoms with van der Waals surface area (Å²) in [4.78, 5) is 0. The predicted molar refractivity (Wildman–Crippen MR) is 148 cm³/mol. The molecule has 0 aliphatic carbocycles. The maximum atomic E-state index is 6.02. The number of nitrogens with zero attached hydrogens (tertiary/aromatic N) is 1. The maximum absolute atomic E-state index is 6.02. The van der Waals surface area contributed by atoms with Gasteiger partial charge in [0.1, 0.15) is 12.6 Å². The fraction of sp³-hybridized carbons (Fsp3) is 0.900. The molecule has 0 aromatic carbocycles. The van der Waals surface area contributed by atoms with Gasteiger partial charge in [-0.3, -0.25) is 0 Å². The number of aryl methyl sites for hydroxylation is 1. The van der Waals surface area contributed by atoms with Gasteiger partial charge in [-0.1, -0.05) is 115 Å². The fourth-order valence-corrected chi connectivity index (χ4v) is 5.51. The molecule has 1 aliphatic heterocycles. The van der Waals surface area contributed by atoms with Crippen molar-refractivity contribution >= 4 is 11.3 Å². The minimum atomic E-state index is 0.00329. The van der Waals surface area contributed by atoms with Crippen molar-refractivity contribution in [3.63, 3.8) is 0 Å². The molecule has 2 rings (SSSR count). The van der Waals surface area contributed by atoms with Crippen molar-refractivity contribution in [3.05, 3.63) is 17.1 Å². The highest BCUT2D eigenvalue weighted by Gasteiger charge is 2.25. The minimum absolute atomic E-state index is 0.00329. The van der Waals surface area contributed by atoms with E-state index in [-0.39, 0.29) is 12.4 Å². The molecule has 1 fully saturated rings. The summed E-state index contributed by atoms with van der Waals surface area (Å²) in [6, 6.07) is 0. The Morgan fingerprint density at radius 2 is 1.37 bits per heavy atom. The first-order valence-electron chi connectivity index (χ1n) is 15.1. The van der Waals surface area contributed by atoms with Gasteiger partial charge in [-0.2, -0.15) is 4.57 Å². The molecular formula is C30H56NO3S+. The number of rotatable bonds is 25. The smallest absolute Gasteiger partial charge is 0.224 e. The summed E-state index contributed by atoms with van der Waals surface area (Å²) in [6.45, 7) is 5.70. The monoisotopic (exact) mass is 510 g/mol. The molecule has 1 aromatic rings. The third-order valence-corrected chi connectivity index (χ3v) is 7.81. The summed E-state index contributed by atoms with van der Waals surface area (Å²) in [5.41, 5.74) is 2.19. The van der Waals surface area contributed by atoms with Crippen LogP contribution in [-0.4, -0.2) is 32.2 Å². The van der Waals surface area contributed by atoms with Crippen molar-refractivity contribution in [2.24, 2.45) is 0 Å². The summed E-state index contributed by atoms with van der Waals surface area (Å²) < 4.78 is 20.0. The molecule has 0 bridgehead atoms. The molecule has 2 atom stereocenters. The molecule has 204 valence electrons. The van der Waals surface area contributed by atoms with Gasteiger partial charge in [0.2, 0.25) is 5.51 Å². The van der Waals surface area contributed by atoms with Crippen molar-refractivity contribution in [2.45, 2.75) is 154 Å². The summed E-state index contributed by atoms with van der Waals surface area (Å²) >= 11 is 1.77. The Hall–Kier alpha value is -0.490. The lowest BCUT2D eigenvalue weighted by molar-refractivity contribution is -0.692. The molecule has 0 spiro atoms. The summed E-state index contributed by atoms with van der Waals surface area (Å²) in [6.07, 6.45) is 29.2. The van der Waals surface area contributed by atoms with Gasteiger partial charge >= 0.3 is 0 Å². The van der Waals surface area contributed by atoms with Crippen LogP contribution in [0.4, 0.5) is 0 Å². The van der Waals surface area contributed by atoms with Gasteiger partial charge in [-0.05, 0) is 25.7 Å². The van der Waals surface area contributed by atoms with E-state index in [1.54, 1.807) is 11.3 Å². The van der Waals surface area contributed by atoms with Gasteiger partial charge in [0.25, 0.3) is 0 Å². The minimum Gasteiger partial charge on any atom is -0.379 e. The zero-order chi connectivity index (χ0) is 24.7. The number of thiazole rings is 1. The van der Waals surface area contributed by atoms with Gasteiger partial charge in [0.15, 0.2) is 12.5 Å². The Bertz CT molecular complexity index is 554. The molecule has 0 N–H and O–H groups in total. The van der Waals surface area contributed by atoms with E-state index in [0.717, 1.165) is 26.0 Å². The van der Waals surface area contributed by atoms with Gasteiger partial charge in [0.05, 0.1) is 18.6 Å². The molecule has 0 unspecified atom stereocenters. The quantitative estimate of drug-likeness (QED) is 0.0974. The highest BCUT2D eigenvalue weighted by atomic mass is 32.1. The number of ether oxygens (including phenoxy) is 3. The standard InChI is InChI=1S/C30H56NO3S/c1-2-3-4-5-6-7-8-9-10-11-12-15-18-21-30-33-27-29(34-30)26-32-24-20-17-14-13-16-19-22-31-23-25-35-28-31/h23,25,28-30H,2-22,24,26-27H2,1H3/q+1/t29-,30-/m0/s1. The van der Waals surface area contributed by atoms with E-state index in [1.807, 2.05) is 0 Å². The van der Waals surface area contributed by atoms with Crippen LogP contribution in [-0.2, 0) is 20.8 Å². The molecule has 2 heterocycles. The van der Waals surface area contributed by atoms with Crippen LogP contribution in [0, 0.1) is 0 Å². The van der Waals surface area contributed by atoms with Crippen molar-refractivity contribution < 1.29 is 18.8 Å². The Balaban J connectivity index is 1.26. The molecule has 0 radical (unpaired) electrons. The van der Waals surface area contributed by atoms with Gasteiger partial charge in [-0.25, -0.2) is 0 Å². The van der Waals surface area contributed by atoms with Crippen LogP contribution >= 0.6 is 11.3 Å². The van der Waals surface area contributed by atoms with E-state index in [4.69, 9.17) is 14.2 Å². The van der Waals surface area contributed by atoms with Crippen LogP contribution in [0.25, 0.3) is 0 Å². The second-order valence-electron chi connectivity index (χ2n) is 10.5. The SMILES string of the molecule is CCCCCCCCCCCCCCC[C@H]1OC[C@H](COCCCCCCCC[n+]2ccsc2)O1. The number of aromatic nitrogens is 1. The van der Waals surface area contributed by atoms with Gasteiger partial charge in [0, 0.05) is 13.0 Å². The van der Waals surface area contributed by atoms with E-state index < -0.39 is 0 Å². The average Bonchev–Trinajstić information content (AvgIpc) is 3.55. The van der Waals surface area contributed by atoms with Crippen LogP contribution < -0.4 is 4.57 Å². The Kier molecular flexibility index (Phi) is 19.9. The second-order valence-corrected chi connectivity index (χ2v) is 11.3. The summed E-state index contributed by atoms with van der Waals surface area (Å²) in [5, 5.41) is 2.14.